The van der Waals surface area contributed by atoms with Gasteiger partial charge in [0.05, 0.1) is 6.20 Å². The van der Waals surface area contributed by atoms with E-state index in [0.29, 0.717) is 18.7 Å². The molecule has 82 valence electrons. The Kier molecular flexibility index (Phi) is 2.06. The monoisotopic (exact) mass is 228 g/mol. The van der Waals surface area contributed by atoms with E-state index in [-0.39, 0.29) is 12.1 Å². The van der Waals surface area contributed by atoms with Crippen LogP contribution < -0.4 is 0 Å². The predicted octanol–water partition coefficient (Wildman–Crippen LogP) is 1.64. The lowest BCUT2D eigenvalue weighted by Crippen LogP contribution is -2.45. The summed E-state index contributed by atoms with van der Waals surface area (Å²) in [6, 6.07) is 0.504. The summed E-state index contributed by atoms with van der Waals surface area (Å²) in [5, 5.41) is 10.5. The molecule has 0 radical (unpaired) electrons. The molecule has 2 aliphatic rings. The Bertz CT molecular complexity index is 340. The van der Waals surface area contributed by atoms with Crippen LogP contribution in [0.5, 0.6) is 0 Å². The Balaban J connectivity index is 1.90. The molecule has 2 atom stereocenters. The molecule has 2 fully saturated rings. The van der Waals surface area contributed by atoms with Crippen molar-refractivity contribution in [3.05, 3.63) is 18.4 Å². The Morgan fingerprint density at radius 2 is 2.13 bits per heavy atom. The number of rotatable bonds is 1. The van der Waals surface area contributed by atoms with Crippen LogP contribution in [-0.4, -0.2) is 26.6 Å². The van der Waals surface area contributed by atoms with Gasteiger partial charge >= 0.3 is 0 Å². The van der Waals surface area contributed by atoms with Crippen LogP contribution >= 0.6 is 11.8 Å². The number of hydrogen-bond donors (Lipinski definition) is 1. The first-order valence-electron chi connectivity index (χ1n) is 5.25. The van der Waals surface area contributed by atoms with Gasteiger partial charge in [-0.15, -0.1) is 0 Å². The van der Waals surface area contributed by atoms with Crippen LogP contribution in [-0.2, 0) is 5.60 Å². The minimum absolute atomic E-state index is 0.252. The second kappa shape index (κ2) is 3.20. The molecule has 0 aliphatic carbocycles. The standard InChI is InChI=1S/C10H13ClN2O2/c11-13-7-1-2-8(13)6-10(14,5-7)9-12-3-4-15-9/h3-4,7-8,14H,1-2,5-6H2. The molecule has 0 aromatic carbocycles. The maximum atomic E-state index is 10.5. The smallest absolute Gasteiger partial charge is 0.226 e. The number of fused-ring (bicyclic) bond motifs is 2. The number of nitrogens with zero attached hydrogens (tertiary/aromatic N) is 2. The fraction of sp³-hybridized carbons (Fsp3) is 0.700. The van der Waals surface area contributed by atoms with Crippen molar-refractivity contribution in [2.45, 2.75) is 43.4 Å². The Hall–Kier alpha value is -0.580. The lowest BCUT2D eigenvalue weighted by molar-refractivity contribution is -0.0539. The molecule has 5 heteroatoms. The zero-order chi connectivity index (χ0) is 10.5. The summed E-state index contributed by atoms with van der Waals surface area (Å²) < 4.78 is 7.07. The summed E-state index contributed by atoms with van der Waals surface area (Å²) in [4.78, 5) is 4.06. The molecular weight excluding hydrogens is 216 g/mol. The predicted molar refractivity (Wildman–Crippen MR) is 54.1 cm³/mol. The number of aliphatic hydroxyl groups is 1. The summed E-state index contributed by atoms with van der Waals surface area (Å²) >= 11 is 6.14. The minimum Gasteiger partial charge on any atom is -0.446 e. The van der Waals surface area contributed by atoms with Crippen molar-refractivity contribution in [3.63, 3.8) is 0 Å². The second-order valence-corrected chi connectivity index (χ2v) is 4.90. The Morgan fingerprint density at radius 1 is 1.47 bits per heavy atom. The number of aromatic nitrogens is 1. The maximum absolute atomic E-state index is 10.5. The molecule has 2 saturated heterocycles. The number of halogens is 1. The largest absolute Gasteiger partial charge is 0.446 e. The van der Waals surface area contributed by atoms with Crippen molar-refractivity contribution in [1.29, 1.82) is 0 Å². The van der Waals surface area contributed by atoms with Crippen molar-refractivity contribution in [1.82, 2.24) is 9.40 Å². The van der Waals surface area contributed by atoms with Crippen LogP contribution in [0.4, 0.5) is 0 Å². The summed E-state index contributed by atoms with van der Waals surface area (Å²) in [6.45, 7) is 0. The topological polar surface area (TPSA) is 49.5 Å². The molecule has 3 heterocycles. The Morgan fingerprint density at radius 3 is 2.67 bits per heavy atom. The number of piperidine rings is 1. The molecule has 4 nitrogen and oxygen atoms in total. The van der Waals surface area contributed by atoms with E-state index in [1.54, 1.807) is 6.20 Å². The SMILES string of the molecule is OC1(c2ncco2)CC2CCC(C1)N2Cl. The Labute approximate surface area is 93.0 Å². The molecule has 0 saturated carbocycles. The van der Waals surface area contributed by atoms with E-state index in [0.717, 1.165) is 12.8 Å². The van der Waals surface area contributed by atoms with Crippen LogP contribution in [0, 0.1) is 0 Å². The van der Waals surface area contributed by atoms with Crippen LogP contribution in [0.3, 0.4) is 0 Å². The van der Waals surface area contributed by atoms with Crippen molar-refractivity contribution in [3.8, 4) is 0 Å². The number of oxazole rings is 1. The molecule has 3 rings (SSSR count). The lowest BCUT2D eigenvalue weighted by Gasteiger charge is -2.38. The van der Waals surface area contributed by atoms with Crippen molar-refractivity contribution < 1.29 is 9.52 Å². The van der Waals surface area contributed by atoms with E-state index in [9.17, 15) is 5.11 Å². The molecule has 2 unspecified atom stereocenters. The van der Waals surface area contributed by atoms with Gasteiger partial charge in [-0.05, 0) is 24.6 Å². The van der Waals surface area contributed by atoms with Gasteiger partial charge in [0.1, 0.15) is 11.9 Å². The van der Waals surface area contributed by atoms with Gasteiger partial charge in [0.2, 0.25) is 5.89 Å². The quantitative estimate of drug-likeness (QED) is 0.743. The molecule has 1 aromatic heterocycles. The zero-order valence-corrected chi connectivity index (χ0v) is 9.02. The van der Waals surface area contributed by atoms with E-state index >= 15 is 0 Å². The van der Waals surface area contributed by atoms with Gasteiger partial charge in [0.15, 0.2) is 0 Å². The first kappa shape index (κ1) is 9.63. The third-order valence-electron chi connectivity index (χ3n) is 3.51. The molecule has 1 aromatic rings. The minimum atomic E-state index is -0.916. The van der Waals surface area contributed by atoms with E-state index in [1.165, 1.54) is 6.26 Å². The van der Waals surface area contributed by atoms with Crippen molar-refractivity contribution >= 4 is 11.8 Å². The average molecular weight is 229 g/mol. The van der Waals surface area contributed by atoms with Crippen LogP contribution in [0.2, 0.25) is 0 Å². The van der Waals surface area contributed by atoms with E-state index in [1.807, 2.05) is 4.42 Å². The van der Waals surface area contributed by atoms with Crippen molar-refractivity contribution in [2.75, 3.05) is 0 Å². The maximum Gasteiger partial charge on any atom is 0.226 e. The van der Waals surface area contributed by atoms with Crippen LogP contribution in [0.1, 0.15) is 31.6 Å². The molecule has 0 amide bonds. The van der Waals surface area contributed by atoms with E-state index in [4.69, 9.17) is 16.2 Å². The van der Waals surface area contributed by atoms with Crippen LogP contribution in [0.15, 0.2) is 16.9 Å². The summed E-state index contributed by atoms with van der Waals surface area (Å²) in [5.41, 5.74) is -0.916. The second-order valence-electron chi connectivity index (χ2n) is 4.51. The average Bonchev–Trinajstić information content (AvgIpc) is 2.79. The fourth-order valence-corrected chi connectivity index (χ4v) is 3.13. The van der Waals surface area contributed by atoms with Crippen LogP contribution in [0.25, 0.3) is 0 Å². The van der Waals surface area contributed by atoms with Gasteiger partial charge in [-0.2, -0.15) is 0 Å². The highest BCUT2D eigenvalue weighted by atomic mass is 35.5. The van der Waals surface area contributed by atoms with Gasteiger partial charge in [-0.1, -0.05) is 0 Å². The lowest BCUT2D eigenvalue weighted by atomic mass is 9.87. The zero-order valence-electron chi connectivity index (χ0n) is 8.27. The molecule has 1 N–H and O–H groups in total. The first-order valence-corrected chi connectivity index (χ1v) is 5.59. The van der Waals surface area contributed by atoms with Gasteiger partial charge in [0, 0.05) is 24.9 Å². The summed E-state index contributed by atoms with van der Waals surface area (Å²) in [6.07, 6.45) is 6.42. The number of hydrogen-bond acceptors (Lipinski definition) is 4. The fourth-order valence-electron chi connectivity index (χ4n) is 2.80. The highest BCUT2D eigenvalue weighted by Gasteiger charge is 2.50. The molecule has 2 bridgehead atoms. The third-order valence-corrected chi connectivity index (χ3v) is 4.06. The van der Waals surface area contributed by atoms with E-state index < -0.39 is 5.60 Å². The third kappa shape index (κ3) is 1.40. The summed E-state index contributed by atoms with van der Waals surface area (Å²) in [5.74, 6) is 0.434. The van der Waals surface area contributed by atoms with Gasteiger partial charge < -0.3 is 9.52 Å². The summed E-state index contributed by atoms with van der Waals surface area (Å²) in [7, 11) is 0. The highest BCUT2D eigenvalue weighted by Crippen LogP contribution is 2.45. The van der Waals surface area contributed by atoms with Gasteiger partial charge in [-0.25, -0.2) is 9.40 Å². The normalized spacial score (nSPS) is 40.9. The van der Waals surface area contributed by atoms with Gasteiger partial charge in [0.25, 0.3) is 0 Å². The van der Waals surface area contributed by atoms with Gasteiger partial charge in [-0.3, -0.25) is 0 Å². The highest BCUT2D eigenvalue weighted by molar-refractivity contribution is 6.14. The first-order chi connectivity index (χ1) is 7.19. The molecule has 0 spiro atoms. The molecular formula is C10H13ClN2O2. The molecule has 2 aliphatic heterocycles. The van der Waals surface area contributed by atoms with E-state index in [2.05, 4.69) is 4.98 Å². The molecule has 15 heavy (non-hydrogen) atoms. The van der Waals surface area contributed by atoms with Crippen molar-refractivity contribution in [2.24, 2.45) is 0 Å².